The Kier molecular flexibility index (Phi) is 2.91. The van der Waals surface area contributed by atoms with Crippen molar-refractivity contribution in [3.8, 4) is 0 Å². The minimum Gasteiger partial charge on any atom is -0.369 e. The molecule has 6 heteroatoms. The van der Waals surface area contributed by atoms with Crippen LogP contribution in [-0.4, -0.2) is 21.8 Å². The summed E-state index contributed by atoms with van der Waals surface area (Å²) in [5.41, 5.74) is 4.81. The van der Waals surface area contributed by atoms with E-state index in [1.807, 2.05) is 0 Å². The number of nitrogens with two attached hydrogens (primary N) is 1. The van der Waals surface area contributed by atoms with Crippen LogP contribution >= 0.6 is 0 Å². The van der Waals surface area contributed by atoms with E-state index in [0.29, 0.717) is 0 Å². The number of rotatable bonds is 3. The van der Waals surface area contributed by atoms with Crippen molar-refractivity contribution in [2.45, 2.75) is 6.42 Å². The van der Waals surface area contributed by atoms with E-state index in [1.165, 1.54) is 12.4 Å². The Hall–Kier alpha value is -1.98. The summed E-state index contributed by atoms with van der Waals surface area (Å²) in [6.45, 7) is 0. The molecule has 0 bridgehead atoms. The van der Waals surface area contributed by atoms with Gasteiger partial charge < -0.3 is 5.73 Å². The Labute approximate surface area is 74.2 Å². The van der Waals surface area contributed by atoms with Gasteiger partial charge in [-0.25, -0.2) is 9.97 Å². The number of aromatic nitrogens is 2. The molecule has 2 amide bonds. The molecule has 1 aromatic rings. The van der Waals surface area contributed by atoms with Crippen molar-refractivity contribution in [1.29, 1.82) is 0 Å². The first-order chi connectivity index (χ1) is 6.18. The highest BCUT2D eigenvalue weighted by atomic mass is 16.2. The molecule has 0 spiro atoms. The lowest BCUT2D eigenvalue weighted by atomic mass is 10.4. The van der Waals surface area contributed by atoms with E-state index in [9.17, 15) is 9.59 Å². The number of nitrogens with zero attached hydrogens (tertiary/aromatic N) is 2. The molecule has 1 aromatic heterocycles. The third-order valence-electron chi connectivity index (χ3n) is 1.15. The molecule has 0 saturated carbocycles. The number of nitrogens with one attached hydrogen (secondary N) is 1. The van der Waals surface area contributed by atoms with Crippen LogP contribution in [0.3, 0.4) is 0 Å². The normalized spacial score (nSPS) is 9.23. The molecule has 6 nitrogen and oxygen atoms in total. The third-order valence-corrected chi connectivity index (χ3v) is 1.15. The highest BCUT2D eigenvalue weighted by Crippen LogP contribution is 1.94. The topological polar surface area (TPSA) is 98.0 Å². The number of anilines is 1. The summed E-state index contributed by atoms with van der Waals surface area (Å²) in [5, 5.41) is 2.31. The smallest absolute Gasteiger partial charge is 0.236 e. The highest BCUT2D eigenvalue weighted by molar-refractivity contribution is 6.02. The monoisotopic (exact) mass is 180 g/mol. The Morgan fingerprint density at radius 2 is 2.00 bits per heavy atom. The number of carbonyl (C=O) groups excluding carboxylic acids is 2. The molecule has 0 saturated heterocycles. The van der Waals surface area contributed by atoms with Gasteiger partial charge in [0, 0.05) is 12.4 Å². The van der Waals surface area contributed by atoms with Crippen molar-refractivity contribution in [3.05, 3.63) is 18.5 Å². The van der Waals surface area contributed by atoms with Gasteiger partial charge in [-0.1, -0.05) is 0 Å². The zero-order chi connectivity index (χ0) is 9.68. The van der Waals surface area contributed by atoms with Crippen molar-refractivity contribution in [1.82, 2.24) is 9.97 Å². The maximum Gasteiger partial charge on any atom is 0.236 e. The van der Waals surface area contributed by atoms with Crippen molar-refractivity contribution < 1.29 is 9.59 Å². The molecule has 0 aliphatic carbocycles. The quantitative estimate of drug-likeness (QED) is 0.600. The molecule has 3 N–H and O–H groups in total. The van der Waals surface area contributed by atoms with Crippen LogP contribution in [0.15, 0.2) is 18.5 Å². The molecule has 0 aliphatic rings. The fourth-order valence-corrected chi connectivity index (χ4v) is 0.691. The van der Waals surface area contributed by atoms with Crippen LogP contribution in [0.2, 0.25) is 0 Å². The van der Waals surface area contributed by atoms with Crippen molar-refractivity contribution in [2.24, 2.45) is 5.73 Å². The molecule has 0 fully saturated rings. The Morgan fingerprint density at radius 3 is 2.54 bits per heavy atom. The fraction of sp³-hybridized carbons (Fsp3) is 0.143. The summed E-state index contributed by atoms with van der Waals surface area (Å²) in [6, 6.07) is 1.61. The zero-order valence-electron chi connectivity index (χ0n) is 6.73. The molecule has 13 heavy (non-hydrogen) atoms. The zero-order valence-corrected chi connectivity index (χ0v) is 6.73. The van der Waals surface area contributed by atoms with E-state index < -0.39 is 11.8 Å². The molecule has 0 aromatic carbocycles. The lowest BCUT2D eigenvalue weighted by Gasteiger charge is -1.99. The van der Waals surface area contributed by atoms with E-state index in [4.69, 9.17) is 5.73 Å². The van der Waals surface area contributed by atoms with E-state index in [2.05, 4.69) is 15.3 Å². The van der Waals surface area contributed by atoms with Crippen LogP contribution in [0, 0.1) is 0 Å². The van der Waals surface area contributed by atoms with Gasteiger partial charge in [0.05, 0.1) is 0 Å². The second-order valence-corrected chi connectivity index (χ2v) is 2.26. The lowest BCUT2D eigenvalue weighted by Crippen LogP contribution is -2.22. The van der Waals surface area contributed by atoms with Gasteiger partial charge in [-0.3, -0.25) is 14.9 Å². The largest absolute Gasteiger partial charge is 0.369 e. The highest BCUT2D eigenvalue weighted by Gasteiger charge is 2.06. The standard InChI is InChI=1S/C7H8N4O2/c8-5(12)4-6(13)11-7-9-2-1-3-10-7/h1-3H,4H2,(H2,8,12)(H,9,10,11,13). The first-order valence-corrected chi connectivity index (χ1v) is 3.53. The molecule has 0 atom stereocenters. The average molecular weight is 180 g/mol. The Bertz CT molecular complexity index is 312. The number of carbonyl (C=O) groups is 2. The maximum absolute atomic E-state index is 10.9. The van der Waals surface area contributed by atoms with Gasteiger partial charge in [0.25, 0.3) is 0 Å². The molecule has 1 heterocycles. The summed E-state index contributed by atoms with van der Waals surface area (Å²) >= 11 is 0. The SMILES string of the molecule is NC(=O)CC(=O)Nc1ncccn1. The third kappa shape index (κ3) is 3.28. The predicted molar refractivity (Wildman–Crippen MR) is 44.5 cm³/mol. The van der Waals surface area contributed by atoms with Gasteiger partial charge in [0.15, 0.2) is 0 Å². The molecule has 0 aliphatic heterocycles. The average Bonchev–Trinajstić information content (AvgIpc) is 2.04. The predicted octanol–water partition coefficient (Wildman–Crippen LogP) is -0.710. The van der Waals surface area contributed by atoms with Crippen LogP contribution in [0.5, 0.6) is 0 Å². The van der Waals surface area contributed by atoms with Crippen LogP contribution in [0.4, 0.5) is 5.95 Å². The van der Waals surface area contributed by atoms with Gasteiger partial charge in [-0.15, -0.1) is 0 Å². The number of primary amides is 1. The lowest BCUT2D eigenvalue weighted by molar-refractivity contribution is -0.124. The van der Waals surface area contributed by atoms with Gasteiger partial charge in [-0.05, 0) is 6.07 Å². The summed E-state index contributed by atoms with van der Waals surface area (Å²) in [7, 11) is 0. The van der Waals surface area contributed by atoms with Crippen LogP contribution in [0.1, 0.15) is 6.42 Å². The van der Waals surface area contributed by atoms with Gasteiger partial charge in [0.1, 0.15) is 6.42 Å². The first-order valence-electron chi connectivity index (χ1n) is 3.53. The molecule has 0 radical (unpaired) electrons. The van der Waals surface area contributed by atoms with Gasteiger partial charge in [0.2, 0.25) is 17.8 Å². The second-order valence-electron chi connectivity index (χ2n) is 2.26. The Morgan fingerprint density at radius 1 is 1.38 bits per heavy atom. The Balaban J connectivity index is 2.50. The number of hydrogen-bond donors (Lipinski definition) is 2. The molecular formula is C7H8N4O2. The van der Waals surface area contributed by atoms with Crippen molar-refractivity contribution >= 4 is 17.8 Å². The summed E-state index contributed by atoms with van der Waals surface area (Å²) in [5.74, 6) is -1.04. The van der Waals surface area contributed by atoms with E-state index >= 15 is 0 Å². The molecule has 0 unspecified atom stereocenters. The van der Waals surface area contributed by atoms with Crippen LogP contribution in [0.25, 0.3) is 0 Å². The molecule has 68 valence electrons. The summed E-state index contributed by atoms with van der Waals surface area (Å²) in [6.07, 6.45) is 2.60. The molecule has 1 rings (SSSR count). The maximum atomic E-state index is 10.9. The first kappa shape index (κ1) is 9.11. The second kappa shape index (κ2) is 4.15. The minimum absolute atomic E-state index is 0.161. The van der Waals surface area contributed by atoms with E-state index in [1.54, 1.807) is 6.07 Å². The minimum atomic E-state index is -0.687. The van der Waals surface area contributed by atoms with Crippen molar-refractivity contribution in [2.75, 3.05) is 5.32 Å². The number of amides is 2. The van der Waals surface area contributed by atoms with Gasteiger partial charge in [-0.2, -0.15) is 0 Å². The summed E-state index contributed by atoms with van der Waals surface area (Å²) < 4.78 is 0. The number of hydrogen-bond acceptors (Lipinski definition) is 4. The van der Waals surface area contributed by atoms with Crippen LogP contribution in [-0.2, 0) is 9.59 Å². The van der Waals surface area contributed by atoms with E-state index in [0.717, 1.165) is 0 Å². The fourth-order valence-electron chi connectivity index (χ4n) is 0.691. The van der Waals surface area contributed by atoms with Crippen LogP contribution < -0.4 is 11.1 Å². The summed E-state index contributed by atoms with van der Waals surface area (Å²) in [4.78, 5) is 28.7. The van der Waals surface area contributed by atoms with Crippen molar-refractivity contribution in [3.63, 3.8) is 0 Å². The molecular weight excluding hydrogens is 172 g/mol. The van der Waals surface area contributed by atoms with E-state index in [-0.39, 0.29) is 12.4 Å². The van der Waals surface area contributed by atoms with Gasteiger partial charge >= 0.3 is 0 Å².